The Labute approximate surface area is 174 Å². The molecule has 9 heteroatoms. The van der Waals surface area contributed by atoms with Gasteiger partial charge >= 0.3 is 0 Å². The van der Waals surface area contributed by atoms with Crippen molar-refractivity contribution in [2.75, 3.05) is 18.4 Å². The molecule has 0 aliphatic carbocycles. The molecule has 1 heterocycles. The van der Waals surface area contributed by atoms with Crippen LogP contribution in [0.2, 0.25) is 0 Å². The molecule has 1 unspecified atom stereocenters. The van der Waals surface area contributed by atoms with E-state index in [2.05, 4.69) is 5.32 Å². The summed E-state index contributed by atoms with van der Waals surface area (Å²) < 4.78 is 41.3. The number of hydrogen-bond donors (Lipinski definition) is 1. The average molecular weight is 433 g/mol. The minimum atomic E-state index is -4.09. The molecular weight excluding hydrogens is 411 g/mol. The largest absolute Gasteiger partial charge is 0.550 e. The van der Waals surface area contributed by atoms with Gasteiger partial charge in [0.2, 0.25) is 10.0 Å². The molecule has 3 rings (SSSR count). The van der Waals surface area contributed by atoms with Crippen LogP contribution in [0.15, 0.2) is 47.4 Å². The second-order valence-electron chi connectivity index (χ2n) is 7.13. The molecule has 1 N–H and O–H groups in total. The Balaban J connectivity index is 1.89. The van der Waals surface area contributed by atoms with Crippen LogP contribution < -0.4 is 10.4 Å². The van der Waals surface area contributed by atoms with E-state index in [1.165, 1.54) is 0 Å². The van der Waals surface area contributed by atoms with E-state index in [1.54, 1.807) is 12.1 Å². The summed E-state index contributed by atoms with van der Waals surface area (Å²) in [6, 6.07) is 10.0. The van der Waals surface area contributed by atoms with Gasteiger partial charge in [0.1, 0.15) is 5.82 Å². The van der Waals surface area contributed by atoms with Crippen molar-refractivity contribution in [1.82, 2.24) is 4.31 Å². The Hall–Kier alpha value is -2.78. The Kier molecular flexibility index (Phi) is 6.52. The number of aryl methyl sites for hydroxylation is 1. The highest BCUT2D eigenvalue weighted by Gasteiger charge is 2.31. The number of carbonyl (C=O) groups excluding carboxylic acids is 2. The first-order valence-corrected chi connectivity index (χ1v) is 11.1. The van der Waals surface area contributed by atoms with Gasteiger partial charge in [0, 0.05) is 30.7 Å². The SMILES string of the molecule is CCc1ccccc1NC(=O)c1cc(S(=O)(=O)N2CCCC(C(=O)[O-])C2)ccc1F. The van der Waals surface area contributed by atoms with Crippen molar-refractivity contribution >= 4 is 27.6 Å². The van der Waals surface area contributed by atoms with E-state index < -0.39 is 39.2 Å². The Bertz CT molecular complexity index is 1070. The van der Waals surface area contributed by atoms with E-state index >= 15 is 0 Å². The van der Waals surface area contributed by atoms with E-state index in [0.717, 1.165) is 28.1 Å². The molecule has 1 atom stereocenters. The van der Waals surface area contributed by atoms with Crippen LogP contribution in [-0.4, -0.2) is 37.7 Å². The number of benzene rings is 2. The van der Waals surface area contributed by atoms with Gasteiger partial charge in [-0.15, -0.1) is 0 Å². The zero-order valence-electron chi connectivity index (χ0n) is 16.4. The number of hydrogen-bond acceptors (Lipinski definition) is 5. The molecular formula is C21H22FN2O5S-. The molecule has 1 fully saturated rings. The Morgan fingerprint density at radius 3 is 2.67 bits per heavy atom. The van der Waals surface area contributed by atoms with Crippen LogP contribution in [0.4, 0.5) is 10.1 Å². The third-order valence-electron chi connectivity index (χ3n) is 5.18. The topological polar surface area (TPSA) is 107 Å². The lowest BCUT2D eigenvalue weighted by molar-refractivity contribution is -0.312. The molecule has 0 aromatic heterocycles. The standard InChI is InChI=1S/C21H23FN2O5S/c1-2-14-6-3-4-8-19(14)23-20(25)17-12-16(9-10-18(17)22)30(28,29)24-11-5-7-15(13-24)21(26)27/h3-4,6,8-10,12,15H,2,5,7,11,13H2,1H3,(H,23,25)(H,26,27)/p-1. The summed E-state index contributed by atoms with van der Waals surface area (Å²) in [4.78, 5) is 23.5. The molecule has 1 aliphatic heterocycles. The maximum atomic E-state index is 14.3. The van der Waals surface area contributed by atoms with Gasteiger partial charge < -0.3 is 15.2 Å². The van der Waals surface area contributed by atoms with E-state index in [9.17, 15) is 27.5 Å². The van der Waals surface area contributed by atoms with Crippen molar-refractivity contribution in [3.63, 3.8) is 0 Å². The molecule has 0 radical (unpaired) electrons. The van der Waals surface area contributed by atoms with Crippen LogP contribution in [-0.2, 0) is 21.2 Å². The fraction of sp³-hybridized carbons (Fsp3) is 0.333. The normalized spacial score (nSPS) is 17.5. The highest BCUT2D eigenvalue weighted by atomic mass is 32.2. The number of nitrogens with one attached hydrogen (secondary N) is 1. The first-order valence-electron chi connectivity index (χ1n) is 9.64. The van der Waals surface area contributed by atoms with Crippen molar-refractivity contribution in [1.29, 1.82) is 0 Å². The number of rotatable bonds is 6. The molecule has 1 aliphatic rings. The molecule has 2 aromatic rings. The predicted molar refractivity (Wildman–Crippen MR) is 107 cm³/mol. The maximum absolute atomic E-state index is 14.3. The monoisotopic (exact) mass is 433 g/mol. The number of sulfonamides is 1. The zero-order valence-corrected chi connectivity index (χ0v) is 17.2. The summed E-state index contributed by atoms with van der Waals surface area (Å²) in [5.41, 5.74) is 0.970. The minimum Gasteiger partial charge on any atom is -0.550 e. The second-order valence-corrected chi connectivity index (χ2v) is 9.07. The van der Waals surface area contributed by atoms with Crippen LogP contribution in [0.1, 0.15) is 35.7 Å². The molecule has 1 saturated heterocycles. The van der Waals surface area contributed by atoms with Gasteiger partial charge in [-0.3, -0.25) is 4.79 Å². The van der Waals surface area contributed by atoms with Crippen molar-refractivity contribution < 1.29 is 27.5 Å². The lowest BCUT2D eigenvalue weighted by atomic mass is 10.0. The third-order valence-corrected chi connectivity index (χ3v) is 7.05. The molecule has 0 bridgehead atoms. The number of carboxylic acids is 1. The molecule has 0 spiro atoms. The quantitative estimate of drug-likeness (QED) is 0.748. The lowest BCUT2D eigenvalue weighted by Gasteiger charge is -2.32. The molecule has 0 saturated carbocycles. The van der Waals surface area contributed by atoms with Gasteiger partial charge in [-0.1, -0.05) is 25.1 Å². The smallest absolute Gasteiger partial charge is 0.258 e. The van der Waals surface area contributed by atoms with Crippen molar-refractivity contribution in [3.8, 4) is 0 Å². The summed E-state index contributed by atoms with van der Waals surface area (Å²) in [5.74, 6) is -3.82. The van der Waals surface area contributed by atoms with Crippen molar-refractivity contribution in [2.45, 2.75) is 31.1 Å². The van der Waals surface area contributed by atoms with E-state index in [0.29, 0.717) is 24.9 Å². The first-order chi connectivity index (χ1) is 14.2. The lowest BCUT2D eigenvalue weighted by Crippen LogP contribution is -2.46. The van der Waals surface area contributed by atoms with E-state index in [-0.39, 0.29) is 18.0 Å². The first kappa shape index (κ1) is 21.9. The predicted octanol–water partition coefficient (Wildman–Crippen LogP) is 1.79. The number of halogens is 1. The number of aliphatic carboxylic acids is 1. The molecule has 2 aromatic carbocycles. The summed E-state index contributed by atoms with van der Waals surface area (Å²) >= 11 is 0. The Morgan fingerprint density at radius 1 is 1.23 bits per heavy atom. The van der Waals surface area contributed by atoms with Crippen LogP contribution in [0, 0.1) is 11.7 Å². The van der Waals surface area contributed by atoms with Gasteiger partial charge in [-0.05, 0) is 49.1 Å². The van der Waals surface area contributed by atoms with Gasteiger partial charge in [-0.2, -0.15) is 4.31 Å². The summed E-state index contributed by atoms with van der Waals surface area (Å²) in [5, 5.41) is 13.8. The van der Waals surface area contributed by atoms with Crippen molar-refractivity contribution in [3.05, 3.63) is 59.4 Å². The number of anilines is 1. The second kappa shape index (κ2) is 8.93. The number of piperidine rings is 1. The average Bonchev–Trinajstić information content (AvgIpc) is 2.74. The number of nitrogens with zero attached hydrogens (tertiary/aromatic N) is 1. The summed E-state index contributed by atoms with van der Waals surface area (Å²) in [6.07, 6.45) is 1.37. The van der Waals surface area contributed by atoms with Gasteiger partial charge in [0.15, 0.2) is 0 Å². The maximum Gasteiger partial charge on any atom is 0.258 e. The van der Waals surface area contributed by atoms with Crippen LogP contribution >= 0.6 is 0 Å². The van der Waals surface area contributed by atoms with E-state index in [4.69, 9.17) is 0 Å². The van der Waals surface area contributed by atoms with Crippen LogP contribution in [0.5, 0.6) is 0 Å². The van der Waals surface area contributed by atoms with Crippen LogP contribution in [0.3, 0.4) is 0 Å². The highest BCUT2D eigenvalue weighted by molar-refractivity contribution is 7.89. The third kappa shape index (κ3) is 4.52. The van der Waals surface area contributed by atoms with Crippen molar-refractivity contribution in [2.24, 2.45) is 5.92 Å². The van der Waals surface area contributed by atoms with Gasteiger partial charge in [-0.25, -0.2) is 12.8 Å². The number of para-hydroxylation sites is 1. The van der Waals surface area contributed by atoms with Gasteiger partial charge in [0.25, 0.3) is 5.91 Å². The van der Waals surface area contributed by atoms with Gasteiger partial charge in [0.05, 0.1) is 10.5 Å². The zero-order chi connectivity index (χ0) is 21.9. The number of carbonyl (C=O) groups is 2. The highest BCUT2D eigenvalue weighted by Crippen LogP contribution is 2.25. The number of amides is 1. The molecule has 30 heavy (non-hydrogen) atoms. The Morgan fingerprint density at radius 2 is 1.97 bits per heavy atom. The summed E-state index contributed by atoms with van der Waals surface area (Å²) in [7, 11) is -4.09. The molecule has 160 valence electrons. The summed E-state index contributed by atoms with van der Waals surface area (Å²) in [6.45, 7) is 1.85. The molecule has 7 nitrogen and oxygen atoms in total. The van der Waals surface area contributed by atoms with E-state index in [1.807, 2.05) is 19.1 Å². The minimum absolute atomic E-state index is 0.148. The fourth-order valence-electron chi connectivity index (χ4n) is 3.48. The van der Waals surface area contributed by atoms with Crippen LogP contribution in [0.25, 0.3) is 0 Å². The number of carboxylic acid groups (broad SMARTS) is 1. The molecule has 1 amide bonds. The fourth-order valence-corrected chi connectivity index (χ4v) is 5.03.